The molecule has 0 aliphatic rings. The monoisotopic (exact) mass is 235 g/mol. The predicted octanol–water partition coefficient (Wildman–Crippen LogP) is 3.02. The first-order valence-corrected chi connectivity index (χ1v) is 4.73. The van der Waals surface area contributed by atoms with Crippen molar-refractivity contribution in [3.05, 3.63) is 48.5 Å². The molecule has 2 aromatic carbocycles. The van der Waals surface area contributed by atoms with Crippen LogP contribution in [0.15, 0.2) is 48.5 Å². The fraction of sp³-hybridized carbons (Fsp3) is 0. The number of nitrogen functional groups attached to an aromatic ring is 2. The number of nitrogens with one attached hydrogen (secondary N) is 1. The molecule has 2 aromatic rings. The topological polar surface area (TPSA) is 64.1 Å². The Morgan fingerprint density at radius 3 is 1.44 bits per heavy atom. The van der Waals surface area contributed by atoms with Gasteiger partial charge in [-0.2, -0.15) is 0 Å². The highest BCUT2D eigenvalue weighted by atomic mass is 35.5. The van der Waals surface area contributed by atoms with E-state index in [0.717, 1.165) is 11.4 Å². The Labute approximate surface area is 101 Å². The Bertz CT molecular complexity index is 428. The lowest BCUT2D eigenvalue weighted by molar-refractivity contribution is 1.54. The number of anilines is 4. The van der Waals surface area contributed by atoms with Crippen molar-refractivity contribution in [3.63, 3.8) is 0 Å². The second-order valence-electron chi connectivity index (χ2n) is 3.30. The number of benzene rings is 2. The van der Waals surface area contributed by atoms with Gasteiger partial charge in [-0.25, -0.2) is 0 Å². The zero-order valence-electron chi connectivity index (χ0n) is 8.68. The molecule has 3 nitrogen and oxygen atoms in total. The van der Waals surface area contributed by atoms with Crippen LogP contribution >= 0.6 is 12.4 Å². The summed E-state index contributed by atoms with van der Waals surface area (Å²) in [6.07, 6.45) is 0. The molecule has 0 saturated heterocycles. The zero-order valence-corrected chi connectivity index (χ0v) is 9.50. The van der Waals surface area contributed by atoms with Gasteiger partial charge in [-0.3, -0.25) is 0 Å². The molecule has 0 aliphatic heterocycles. The lowest BCUT2D eigenvalue weighted by Crippen LogP contribution is -1.98. The van der Waals surface area contributed by atoms with Crippen LogP contribution in [0.1, 0.15) is 0 Å². The summed E-state index contributed by atoms with van der Waals surface area (Å²) in [5.41, 5.74) is 14.8. The van der Waals surface area contributed by atoms with E-state index in [1.165, 1.54) is 0 Å². The molecule has 0 fully saturated rings. The Balaban J connectivity index is 0.00000128. The maximum absolute atomic E-state index is 5.82. The van der Waals surface area contributed by atoms with Crippen molar-refractivity contribution >= 4 is 35.2 Å². The van der Waals surface area contributed by atoms with Gasteiger partial charge in [0.1, 0.15) is 0 Å². The minimum atomic E-state index is 0. The minimum Gasteiger partial charge on any atom is -0.397 e. The van der Waals surface area contributed by atoms with Gasteiger partial charge in [0.15, 0.2) is 0 Å². The van der Waals surface area contributed by atoms with Gasteiger partial charge in [0, 0.05) is 0 Å². The van der Waals surface area contributed by atoms with Crippen molar-refractivity contribution in [1.82, 2.24) is 0 Å². The van der Waals surface area contributed by atoms with Crippen molar-refractivity contribution < 1.29 is 0 Å². The van der Waals surface area contributed by atoms with Crippen molar-refractivity contribution in [3.8, 4) is 0 Å². The van der Waals surface area contributed by atoms with E-state index < -0.39 is 0 Å². The summed E-state index contributed by atoms with van der Waals surface area (Å²) >= 11 is 0. The third kappa shape index (κ3) is 2.58. The summed E-state index contributed by atoms with van der Waals surface area (Å²) in [4.78, 5) is 0. The highest BCUT2D eigenvalue weighted by molar-refractivity contribution is 5.85. The van der Waals surface area contributed by atoms with Crippen LogP contribution in [0.3, 0.4) is 0 Å². The molecular weight excluding hydrogens is 222 g/mol. The fourth-order valence-corrected chi connectivity index (χ4v) is 1.37. The minimum absolute atomic E-state index is 0. The van der Waals surface area contributed by atoms with Gasteiger partial charge in [-0.15, -0.1) is 12.4 Å². The molecule has 0 bridgehead atoms. The standard InChI is InChI=1S/C12H13N3.ClH/c13-9-5-1-3-7-11(9)15-12-8-4-2-6-10(12)14;/h1-8,15H,13-14H2;1H. The van der Waals surface area contributed by atoms with Crippen LogP contribution in [0.5, 0.6) is 0 Å². The smallest absolute Gasteiger partial charge is 0.0618 e. The number of nitrogens with two attached hydrogens (primary N) is 2. The lowest BCUT2D eigenvalue weighted by atomic mass is 10.2. The van der Waals surface area contributed by atoms with Gasteiger partial charge in [0.25, 0.3) is 0 Å². The highest BCUT2D eigenvalue weighted by Gasteiger charge is 2.00. The summed E-state index contributed by atoms with van der Waals surface area (Å²) in [5.74, 6) is 0. The predicted molar refractivity (Wildman–Crippen MR) is 72.2 cm³/mol. The Hall–Kier alpha value is -1.87. The molecule has 16 heavy (non-hydrogen) atoms. The zero-order chi connectivity index (χ0) is 10.7. The van der Waals surface area contributed by atoms with Crippen LogP contribution in [-0.2, 0) is 0 Å². The molecule has 5 N–H and O–H groups in total. The summed E-state index contributed by atoms with van der Waals surface area (Å²) in [7, 11) is 0. The molecular formula is C12H14ClN3. The third-order valence-corrected chi connectivity index (χ3v) is 2.19. The number of halogens is 1. The van der Waals surface area contributed by atoms with E-state index in [9.17, 15) is 0 Å². The molecule has 0 saturated carbocycles. The molecule has 0 heterocycles. The van der Waals surface area contributed by atoms with Crippen LogP contribution in [0, 0.1) is 0 Å². The van der Waals surface area contributed by atoms with E-state index in [1.54, 1.807) is 0 Å². The molecule has 84 valence electrons. The van der Waals surface area contributed by atoms with Gasteiger partial charge >= 0.3 is 0 Å². The van der Waals surface area contributed by atoms with E-state index in [2.05, 4.69) is 5.32 Å². The van der Waals surface area contributed by atoms with E-state index in [-0.39, 0.29) is 12.4 Å². The lowest BCUT2D eigenvalue weighted by Gasteiger charge is -2.10. The molecule has 0 aliphatic carbocycles. The van der Waals surface area contributed by atoms with Crippen molar-refractivity contribution in [1.29, 1.82) is 0 Å². The van der Waals surface area contributed by atoms with Gasteiger partial charge < -0.3 is 16.8 Å². The van der Waals surface area contributed by atoms with Crippen LogP contribution in [0.25, 0.3) is 0 Å². The normalized spacial score (nSPS) is 9.25. The third-order valence-electron chi connectivity index (χ3n) is 2.19. The van der Waals surface area contributed by atoms with Crippen LogP contribution in [0.2, 0.25) is 0 Å². The molecule has 0 spiro atoms. The molecule has 2 rings (SSSR count). The largest absolute Gasteiger partial charge is 0.397 e. The van der Waals surface area contributed by atoms with Crippen LogP contribution in [0.4, 0.5) is 22.7 Å². The van der Waals surface area contributed by atoms with E-state index in [1.807, 2.05) is 48.5 Å². The van der Waals surface area contributed by atoms with Gasteiger partial charge in [-0.05, 0) is 24.3 Å². The Morgan fingerprint density at radius 1 is 0.688 bits per heavy atom. The quantitative estimate of drug-likeness (QED) is 0.701. The van der Waals surface area contributed by atoms with Gasteiger partial charge in [-0.1, -0.05) is 24.3 Å². The van der Waals surface area contributed by atoms with Gasteiger partial charge in [0.05, 0.1) is 22.7 Å². The summed E-state index contributed by atoms with van der Waals surface area (Å²) in [6.45, 7) is 0. The molecule has 4 heteroatoms. The average Bonchev–Trinajstić information content (AvgIpc) is 2.24. The molecule has 0 aromatic heterocycles. The first-order chi connectivity index (χ1) is 7.27. The number of hydrogen-bond donors (Lipinski definition) is 3. The highest BCUT2D eigenvalue weighted by Crippen LogP contribution is 2.25. The molecule has 0 unspecified atom stereocenters. The maximum atomic E-state index is 5.82. The van der Waals surface area contributed by atoms with E-state index >= 15 is 0 Å². The summed E-state index contributed by atoms with van der Waals surface area (Å²) < 4.78 is 0. The molecule has 0 amide bonds. The van der Waals surface area contributed by atoms with E-state index in [4.69, 9.17) is 11.5 Å². The Morgan fingerprint density at radius 2 is 1.06 bits per heavy atom. The molecule has 0 atom stereocenters. The first kappa shape index (κ1) is 12.2. The summed E-state index contributed by atoms with van der Waals surface area (Å²) in [5, 5.41) is 3.19. The van der Waals surface area contributed by atoms with Crippen LogP contribution in [-0.4, -0.2) is 0 Å². The summed E-state index contributed by atoms with van der Waals surface area (Å²) in [6, 6.07) is 15.2. The van der Waals surface area contributed by atoms with Crippen molar-refractivity contribution in [2.24, 2.45) is 0 Å². The van der Waals surface area contributed by atoms with Gasteiger partial charge in [0.2, 0.25) is 0 Å². The SMILES string of the molecule is Cl.Nc1ccccc1Nc1ccccc1N. The maximum Gasteiger partial charge on any atom is 0.0618 e. The fourth-order valence-electron chi connectivity index (χ4n) is 1.37. The van der Waals surface area contributed by atoms with Crippen LogP contribution < -0.4 is 16.8 Å². The number of hydrogen-bond acceptors (Lipinski definition) is 3. The van der Waals surface area contributed by atoms with Crippen molar-refractivity contribution in [2.45, 2.75) is 0 Å². The van der Waals surface area contributed by atoms with Crippen molar-refractivity contribution in [2.75, 3.05) is 16.8 Å². The first-order valence-electron chi connectivity index (χ1n) is 4.73. The second-order valence-corrected chi connectivity index (χ2v) is 3.30. The molecule has 0 radical (unpaired) electrons. The second kappa shape index (κ2) is 5.28. The Kier molecular flexibility index (Phi) is 4.03. The number of rotatable bonds is 2. The number of para-hydroxylation sites is 4. The average molecular weight is 236 g/mol. The van der Waals surface area contributed by atoms with E-state index in [0.29, 0.717) is 11.4 Å².